The summed E-state index contributed by atoms with van der Waals surface area (Å²) in [5, 5.41) is 6.76. The van der Waals surface area contributed by atoms with Gasteiger partial charge in [-0.3, -0.25) is 9.69 Å². The van der Waals surface area contributed by atoms with Crippen LogP contribution in [0.1, 0.15) is 16.8 Å². The maximum absolute atomic E-state index is 12.9. The minimum Gasteiger partial charge on any atom is -0.356 e. The van der Waals surface area contributed by atoms with Crippen molar-refractivity contribution in [1.29, 1.82) is 0 Å². The minimum absolute atomic E-state index is 0. The van der Waals surface area contributed by atoms with Crippen LogP contribution in [-0.2, 0) is 0 Å². The van der Waals surface area contributed by atoms with Gasteiger partial charge < -0.3 is 15.5 Å². The van der Waals surface area contributed by atoms with Crippen LogP contribution in [0.25, 0.3) is 0 Å². The number of benzene rings is 2. The summed E-state index contributed by atoms with van der Waals surface area (Å²) in [6, 6.07) is 18.3. The fourth-order valence-corrected chi connectivity index (χ4v) is 3.87. The number of piperazine rings is 1. The van der Waals surface area contributed by atoms with E-state index in [0.717, 1.165) is 62.6 Å². The van der Waals surface area contributed by atoms with Gasteiger partial charge in [0.15, 0.2) is 0 Å². The maximum Gasteiger partial charge on any atom is 0.253 e. The molecule has 0 radical (unpaired) electrons. The summed E-state index contributed by atoms with van der Waals surface area (Å²) >= 11 is 0. The third-order valence-corrected chi connectivity index (χ3v) is 5.29. The first-order valence-electron chi connectivity index (χ1n) is 9.46. The Balaban J connectivity index is 0.00000210. The average Bonchev–Trinajstić information content (AvgIpc) is 3.19. The molecule has 2 fully saturated rings. The molecular weight excluding hydrogens is 360 g/mol. The molecule has 2 aliphatic heterocycles. The van der Waals surface area contributed by atoms with Gasteiger partial charge in [0.1, 0.15) is 0 Å². The third kappa shape index (κ3) is 4.80. The Morgan fingerprint density at radius 2 is 1.70 bits per heavy atom. The largest absolute Gasteiger partial charge is 0.356 e. The summed E-state index contributed by atoms with van der Waals surface area (Å²) in [4.78, 5) is 17.5. The SMILES string of the molecule is Cl.O=C(c1cccc(Nc2ccccc2)c1)N1CCC(N2CCNCC2)C1. The Kier molecular flexibility index (Phi) is 6.72. The van der Waals surface area contributed by atoms with E-state index in [9.17, 15) is 4.79 Å². The van der Waals surface area contributed by atoms with Gasteiger partial charge in [-0.1, -0.05) is 24.3 Å². The molecule has 2 aliphatic rings. The highest BCUT2D eigenvalue weighted by atomic mass is 35.5. The number of amides is 1. The Morgan fingerprint density at radius 1 is 0.963 bits per heavy atom. The number of halogens is 1. The summed E-state index contributed by atoms with van der Waals surface area (Å²) in [6.07, 6.45) is 1.08. The fraction of sp³-hybridized carbons (Fsp3) is 0.381. The highest BCUT2D eigenvalue weighted by Crippen LogP contribution is 2.21. The molecule has 5 nitrogen and oxygen atoms in total. The maximum atomic E-state index is 12.9. The van der Waals surface area contributed by atoms with Gasteiger partial charge in [0.05, 0.1) is 0 Å². The monoisotopic (exact) mass is 386 g/mol. The van der Waals surface area contributed by atoms with Crippen LogP contribution in [0.3, 0.4) is 0 Å². The normalized spacial score (nSPS) is 20.1. The van der Waals surface area contributed by atoms with Gasteiger partial charge >= 0.3 is 0 Å². The van der Waals surface area contributed by atoms with Crippen molar-refractivity contribution in [3.8, 4) is 0 Å². The lowest BCUT2D eigenvalue weighted by molar-refractivity contribution is 0.0773. The van der Waals surface area contributed by atoms with Gasteiger partial charge in [-0.25, -0.2) is 0 Å². The van der Waals surface area contributed by atoms with Crippen LogP contribution in [0.15, 0.2) is 54.6 Å². The van der Waals surface area contributed by atoms with Crippen molar-refractivity contribution < 1.29 is 4.79 Å². The molecule has 27 heavy (non-hydrogen) atoms. The van der Waals surface area contributed by atoms with E-state index in [4.69, 9.17) is 0 Å². The van der Waals surface area contributed by atoms with Gasteiger partial charge in [0.2, 0.25) is 0 Å². The number of nitrogens with zero attached hydrogens (tertiary/aromatic N) is 2. The molecule has 2 aromatic rings. The van der Waals surface area contributed by atoms with E-state index in [1.807, 2.05) is 59.5 Å². The van der Waals surface area contributed by atoms with E-state index >= 15 is 0 Å². The summed E-state index contributed by atoms with van der Waals surface area (Å²) in [5.74, 6) is 0.138. The van der Waals surface area contributed by atoms with E-state index in [2.05, 4.69) is 15.5 Å². The molecule has 2 saturated heterocycles. The quantitative estimate of drug-likeness (QED) is 0.848. The van der Waals surface area contributed by atoms with Crippen LogP contribution in [0.2, 0.25) is 0 Å². The van der Waals surface area contributed by atoms with Crippen molar-refractivity contribution in [1.82, 2.24) is 15.1 Å². The van der Waals surface area contributed by atoms with Crippen molar-refractivity contribution in [3.05, 3.63) is 60.2 Å². The number of carbonyl (C=O) groups excluding carboxylic acids is 1. The van der Waals surface area contributed by atoms with E-state index in [1.54, 1.807) is 0 Å². The van der Waals surface area contributed by atoms with Crippen LogP contribution in [0.4, 0.5) is 11.4 Å². The highest BCUT2D eigenvalue weighted by Gasteiger charge is 2.31. The second-order valence-electron chi connectivity index (χ2n) is 7.05. The Bertz CT molecular complexity index is 749. The van der Waals surface area contributed by atoms with Crippen molar-refractivity contribution >= 4 is 29.7 Å². The summed E-state index contributed by atoms with van der Waals surface area (Å²) in [6.45, 7) is 5.97. The van der Waals surface area contributed by atoms with Gasteiger partial charge in [0, 0.05) is 62.2 Å². The lowest BCUT2D eigenvalue weighted by Gasteiger charge is -2.32. The van der Waals surface area contributed by atoms with Crippen LogP contribution in [0, 0.1) is 0 Å². The number of likely N-dealkylation sites (tertiary alicyclic amines) is 1. The first-order chi connectivity index (χ1) is 12.8. The third-order valence-electron chi connectivity index (χ3n) is 5.29. The molecular formula is C21H27ClN4O. The topological polar surface area (TPSA) is 47.6 Å². The van der Waals surface area contributed by atoms with E-state index in [1.165, 1.54) is 0 Å². The van der Waals surface area contributed by atoms with Gasteiger partial charge in [-0.15, -0.1) is 12.4 Å². The molecule has 1 unspecified atom stereocenters. The van der Waals surface area contributed by atoms with Gasteiger partial charge in [0.25, 0.3) is 5.91 Å². The molecule has 2 heterocycles. The predicted molar refractivity (Wildman–Crippen MR) is 112 cm³/mol. The number of hydrogen-bond donors (Lipinski definition) is 2. The van der Waals surface area contributed by atoms with Crippen LogP contribution in [-0.4, -0.2) is 61.0 Å². The highest BCUT2D eigenvalue weighted by molar-refractivity contribution is 5.95. The van der Waals surface area contributed by atoms with Gasteiger partial charge in [-0.2, -0.15) is 0 Å². The van der Waals surface area contributed by atoms with Crippen LogP contribution in [0.5, 0.6) is 0 Å². The fourth-order valence-electron chi connectivity index (χ4n) is 3.87. The molecule has 2 N–H and O–H groups in total. The molecule has 0 bridgehead atoms. The smallest absolute Gasteiger partial charge is 0.253 e. The number of anilines is 2. The number of para-hydroxylation sites is 1. The number of rotatable bonds is 4. The zero-order valence-corrected chi connectivity index (χ0v) is 16.3. The van der Waals surface area contributed by atoms with Crippen molar-refractivity contribution in [2.45, 2.75) is 12.5 Å². The molecule has 0 aliphatic carbocycles. The molecule has 4 rings (SSSR count). The molecule has 0 spiro atoms. The molecule has 6 heteroatoms. The second kappa shape index (κ2) is 9.22. The van der Waals surface area contributed by atoms with Gasteiger partial charge in [-0.05, 0) is 36.8 Å². The van der Waals surface area contributed by atoms with Crippen LogP contribution < -0.4 is 10.6 Å². The van der Waals surface area contributed by atoms with E-state index in [0.29, 0.717) is 6.04 Å². The van der Waals surface area contributed by atoms with Crippen molar-refractivity contribution in [2.75, 3.05) is 44.6 Å². The molecule has 0 saturated carbocycles. The zero-order chi connectivity index (χ0) is 17.8. The molecule has 2 aromatic carbocycles. The Hall–Kier alpha value is -2.08. The summed E-state index contributed by atoms with van der Waals surface area (Å²) in [5.41, 5.74) is 2.73. The molecule has 1 amide bonds. The second-order valence-corrected chi connectivity index (χ2v) is 7.05. The van der Waals surface area contributed by atoms with E-state index < -0.39 is 0 Å². The number of hydrogen-bond acceptors (Lipinski definition) is 4. The van der Waals surface area contributed by atoms with E-state index in [-0.39, 0.29) is 18.3 Å². The average molecular weight is 387 g/mol. The van der Waals surface area contributed by atoms with Crippen LogP contribution >= 0.6 is 12.4 Å². The lowest BCUT2D eigenvalue weighted by atomic mass is 10.1. The first kappa shape index (κ1) is 19.7. The van der Waals surface area contributed by atoms with Crippen molar-refractivity contribution in [2.24, 2.45) is 0 Å². The Morgan fingerprint density at radius 3 is 2.48 bits per heavy atom. The Labute approximate surface area is 167 Å². The molecule has 0 aromatic heterocycles. The molecule has 144 valence electrons. The lowest BCUT2D eigenvalue weighted by Crippen LogP contribution is -2.49. The molecule has 1 atom stereocenters. The predicted octanol–water partition coefficient (Wildman–Crippen LogP) is 2.97. The number of carbonyl (C=O) groups is 1. The standard InChI is InChI=1S/C21H26N4O.ClH/c26-21(25-12-9-20(16-25)24-13-10-22-11-14-24)17-5-4-8-19(15-17)23-18-6-2-1-3-7-18;/h1-8,15,20,22-23H,9-14,16H2;1H. The first-order valence-corrected chi connectivity index (χ1v) is 9.46. The summed E-state index contributed by atoms with van der Waals surface area (Å²) in [7, 11) is 0. The number of nitrogens with one attached hydrogen (secondary N) is 2. The summed E-state index contributed by atoms with van der Waals surface area (Å²) < 4.78 is 0. The minimum atomic E-state index is 0. The zero-order valence-electron chi connectivity index (χ0n) is 15.4. The van der Waals surface area contributed by atoms with Crippen molar-refractivity contribution in [3.63, 3.8) is 0 Å².